The zero-order valence-electron chi connectivity index (χ0n) is 16.9. The number of fused-ring (bicyclic) bond motifs is 1. The molecule has 0 aliphatic carbocycles. The quantitative estimate of drug-likeness (QED) is 0.484. The second-order valence-corrected chi connectivity index (χ2v) is 7.40. The number of carbonyl (C=O) groups is 1. The summed E-state index contributed by atoms with van der Waals surface area (Å²) in [6.07, 6.45) is 3.87. The molecule has 2 aromatic heterocycles. The lowest BCUT2D eigenvalue weighted by Gasteiger charge is -2.09. The fraction of sp³-hybridized carbons (Fsp3) is 0.250. The van der Waals surface area contributed by atoms with Gasteiger partial charge in [0.15, 0.2) is 0 Å². The standard InChI is InChI=1S/C24H26N4O/c1-18-15-20-9-6-7-13-23(20)27(18)17-24(29)25-14-8-10-21-16-28(26-19(21)2)22-11-4-3-5-12-22/h3-7,9,11-13,15-16H,8,10,14,17H2,1-2H3,(H,25,29). The first-order valence-electron chi connectivity index (χ1n) is 10.0. The first-order valence-corrected chi connectivity index (χ1v) is 10.0. The number of hydrogen-bond acceptors (Lipinski definition) is 2. The molecule has 5 nitrogen and oxygen atoms in total. The van der Waals surface area contributed by atoms with E-state index in [0.29, 0.717) is 13.1 Å². The molecule has 1 N–H and O–H groups in total. The molecule has 2 aromatic carbocycles. The minimum atomic E-state index is 0.0474. The van der Waals surface area contributed by atoms with Crippen LogP contribution in [0.1, 0.15) is 23.4 Å². The molecule has 5 heteroatoms. The van der Waals surface area contributed by atoms with Crippen molar-refractivity contribution in [3.8, 4) is 5.69 Å². The summed E-state index contributed by atoms with van der Waals surface area (Å²) in [7, 11) is 0. The maximum absolute atomic E-state index is 12.4. The van der Waals surface area contributed by atoms with Crippen molar-refractivity contribution < 1.29 is 4.79 Å². The van der Waals surface area contributed by atoms with Crippen molar-refractivity contribution in [2.75, 3.05) is 6.54 Å². The van der Waals surface area contributed by atoms with Crippen molar-refractivity contribution in [1.82, 2.24) is 19.7 Å². The molecule has 0 atom stereocenters. The van der Waals surface area contributed by atoms with Gasteiger partial charge in [0.2, 0.25) is 5.91 Å². The van der Waals surface area contributed by atoms with Gasteiger partial charge in [-0.05, 0) is 61.9 Å². The summed E-state index contributed by atoms with van der Waals surface area (Å²) < 4.78 is 3.99. The maximum Gasteiger partial charge on any atom is 0.239 e. The van der Waals surface area contributed by atoms with Crippen LogP contribution in [0.2, 0.25) is 0 Å². The molecule has 2 heterocycles. The van der Waals surface area contributed by atoms with E-state index in [4.69, 9.17) is 0 Å². The monoisotopic (exact) mass is 386 g/mol. The van der Waals surface area contributed by atoms with Gasteiger partial charge >= 0.3 is 0 Å². The van der Waals surface area contributed by atoms with Crippen molar-refractivity contribution in [2.45, 2.75) is 33.2 Å². The number of aromatic nitrogens is 3. The number of nitrogens with one attached hydrogen (secondary N) is 1. The third kappa shape index (κ3) is 4.24. The lowest BCUT2D eigenvalue weighted by atomic mass is 10.1. The number of amides is 1. The average molecular weight is 386 g/mol. The largest absolute Gasteiger partial charge is 0.355 e. The molecule has 148 valence electrons. The molecule has 4 rings (SSSR count). The molecule has 0 aliphatic rings. The summed E-state index contributed by atoms with van der Waals surface area (Å²) >= 11 is 0. The zero-order valence-corrected chi connectivity index (χ0v) is 16.9. The van der Waals surface area contributed by atoms with Gasteiger partial charge in [0.05, 0.1) is 11.4 Å². The van der Waals surface area contributed by atoms with Crippen LogP contribution in [0, 0.1) is 13.8 Å². The van der Waals surface area contributed by atoms with E-state index >= 15 is 0 Å². The molecule has 0 fully saturated rings. The van der Waals surface area contributed by atoms with Crippen molar-refractivity contribution in [3.63, 3.8) is 0 Å². The highest BCUT2D eigenvalue weighted by Gasteiger charge is 2.10. The van der Waals surface area contributed by atoms with Gasteiger partial charge in [0, 0.05) is 24.0 Å². The number of benzene rings is 2. The van der Waals surface area contributed by atoms with Gasteiger partial charge in [-0.2, -0.15) is 5.10 Å². The summed E-state index contributed by atoms with van der Waals surface area (Å²) in [5.74, 6) is 0.0474. The van der Waals surface area contributed by atoms with Crippen LogP contribution < -0.4 is 5.32 Å². The minimum Gasteiger partial charge on any atom is -0.355 e. The fourth-order valence-electron chi connectivity index (χ4n) is 3.72. The second kappa shape index (κ2) is 8.35. The molecule has 0 saturated carbocycles. The van der Waals surface area contributed by atoms with E-state index in [1.54, 1.807) is 0 Å². The Labute approximate surface area is 171 Å². The van der Waals surface area contributed by atoms with Gasteiger partial charge in [-0.15, -0.1) is 0 Å². The summed E-state index contributed by atoms with van der Waals surface area (Å²) in [5, 5.41) is 8.83. The topological polar surface area (TPSA) is 51.9 Å². The summed E-state index contributed by atoms with van der Waals surface area (Å²) in [6.45, 7) is 5.09. The summed E-state index contributed by atoms with van der Waals surface area (Å²) in [5.41, 5.74) is 5.52. The van der Waals surface area contributed by atoms with E-state index in [1.165, 1.54) is 10.9 Å². The molecule has 0 radical (unpaired) electrons. The number of carbonyl (C=O) groups excluding carboxylic acids is 1. The molecular formula is C24H26N4O. The van der Waals surface area contributed by atoms with Gasteiger partial charge in [-0.25, -0.2) is 4.68 Å². The van der Waals surface area contributed by atoms with Crippen molar-refractivity contribution in [2.24, 2.45) is 0 Å². The van der Waals surface area contributed by atoms with Crippen molar-refractivity contribution >= 4 is 16.8 Å². The Bertz CT molecular complexity index is 1120. The third-order valence-electron chi connectivity index (χ3n) is 5.29. The highest BCUT2D eigenvalue weighted by Crippen LogP contribution is 2.19. The predicted octanol–water partition coefficient (Wildman–Crippen LogP) is 4.19. The molecule has 0 saturated heterocycles. The SMILES string of the molecule is Cc1nn(-c2ccccc2)cc1CCCNC(=O)Cn1c(C)cc2ccccc21. The number of para-hydroxylation sites is 2. The van der Waals surface area contributed by atoms with Crippen LogP contribution in [-0.2, 0) is 17.8 Å². The van der Waals surface area contributed by atoms with Gasteiger partial charge in [-0.3, -0.25) is 4.79 Å². The van der Waals surface area contributed by atoms with Crippen molar-refractivity contribution in [1.29, 1.82) is 0 Å². The Hall–Kier alpha value is -3.34. The van der Waals surface area contributed by atoms with Gasteiger partial charge in [0.25, 0.3) is 0 Å². The van der Waals surface area contributed by atoms with Crippen LogP contribution in [0.25, 0.3) is 16.6 Å². The van der Waals surface area contributed by atoms with Crippen LogP contribution in [-0.4, -0.2) is 26.8 Å². The zero-order chi connectivity index (χ0) is 20.2. The van der Waals surface area contributed by atoms with Crippen LogP contribution in [0.5, 0.6) is 0 Å². The van der Waals surface area contributed by atoms with E-state index in [2.05, 4.69) is 39.4 Å². The van der Waals surface area contributed by atoms with Gasteiger partial charge in [-0.1, -0.05) is 36.4 Å². The Kier molecular flexibility index (Phi) is 5.47. The highest BCUT2D eigenvalue weighted by atomic mass is 16.1. The van der Waals surface area contributed by atoms with E-state index < -0.39 is 0 Å². The van der Waals surface area contributed by atoms with Crippen LogP contribution >= 0.6 is 0 Å². The highest BCUT2D eigenvalue weighted by molar-refractivity contribution is 5.84. The van der Waals surface area contributed by atoms with E-state index in [1.807, 2.05) is 61.0 Å². The molecule has 0 bridgehead atoms. The van der Waals surface area contributed by atoms with E-state index in [-0.39, 0.29) is 5.91 Å². The predicted molar refractivity (Wildman–Crippen MR) is 116 cm³/mol. The summed E-state index contributed by atoms with van der Waals surface area (Å²) in [4.78, 5) is 12.4. The number of hydrogen-bond donors (Lipinski definition) is 1. The Morgan fingerprint density at radius 2 is 1.79 bits per heavy atom. The molecule has 1 amide bonds. The van der Waals surface area contributed by atoms with Gasteiger partial charge in [0.1, 0.15) is 6.54 Å². The first kappa shape index (κ1) is 19.0. The van der Waals surface area contributed by atoms with Crippen LogP contribution in [0.3, 0.4) is 0 Å². The number of aryl methyl sites for hydroxylation is 3. The Morgan fingerprint density at radius 1 is 1.03 bits per heavy atom. The van der Waals surface area contributed by atoms with E-state index in [0.717, 1.165) is 35.4 Å². The molecule has 29 heavy (non-hydrogen) atoms. The van der Waals surface area contributed by atoms with Crippen LogP contribution in [0.4, 0.5) is 0 Å². The molecular weight excluding hydrogens is 360 g/mol. The van der Waals surface area contributed by atoms with Gasteiger partial charge < -0.3 is 9.88 Å². The van der Waals surface area contributed by atoms with E-state index in [9.17, 15) is 4.79 Å². The second-order valence-electron chi connectivity index (χ2n) is 7.40. The lowest BCUT2D eigenvalue weighted by Crippen LogP contribution is -2.29. The van der Waals surface area contributed by atoms with Crippen LogP contribution in [0.15, 0.2) is 66.9 Å². The number of nitrogens with zero attached hydrogens (tertiary/aromatic N) is 3. The normalized spacial score (nSPS) is 11.1. The fourth-order valence-corrected chi connectivity index (χ4v) is 3.72. The average Bonchev–Trinajstić information content (AvgIpc) is 3.26. The lowest BCUT2D eigenvalue weighted by molar-refractivity contribution is -0.121. The van der Waals surface area contributed by atoms with Crippen molar-refractivity contribution in [3.05, 3.63) is 83.8 Å². The smallest absolute Gasteiger partial charge is 0.239 e. The Morgan fingerprint density at radius 3 is 2.62 bits per heavy atom. The molecule has 4 aromatic rings. The maximum atomic E-state index is 12.4. The molecule has 0 spiro atoms. The third-order valence-corrected chi connectivity index (χ3v) is 5.29. The summed E-state index contributed by atoms with van der Waals surface area (Å²) in [6, 6.07) is 20.4. The molecule has 0 aliphatic heterocycles. The first-order chi connectivity index (χ1) is 14.1. The number of rotatable bonds is 7. The molecule has 0 unspecified atom stereocenters. The minimum absolute atomic E-state index is 0.0474. The Balaban J connectivity index is 1.30.